The van der Waals surface area contributed by atoms with Crippen molar-refractivity contribution < 1.29 is 14.6 Å². The van der Waals surface area contributed by atoms with Crippen LogP contribution in [0.4, 0.5) is 0 Å². The molecule has 0 fully saturated rings. The van der Waals surface area contributed by atoms with E-state index in [4.69, 9.17) is 9.84 Å². The van der Waals surface area contributed by atoms with Crippen LogP contribution >= 0.6 is 11.8 Å². The second kappa shape index (κ2) is 9.66. The minimum atomic E-state index is -0.301. The van der Waals surface area contributed by atoms with Crippen molar-refractivity contribution in [2.45, 2.75) is 37.7 Å². The number of carbonyl (C=O) groups excluding carboxylic acids is 1. The molecule has 0 aliphatic rings. The average Bonchev–Trinajstić information content (AvgIpc) is 2.43. The van der Waals surface area contributed by atoms with E-state index >= 15 is 0 Å². The van der Waals surface area contributed by atoms with Crippen molar-refractivity contribution >= 4 is 17.7 Å². The molecule has 1 aromatic carbocycles. The van der Waals surface area contributed by atoms with E-state index < -0.39 is 0 Å². The summed E-state index contributed by atoms with van der Waals surface area (Å²) in [5.74, 6) is 1.27. The highest BCUT2D eigenvalue weighted by Gasteiger charge is 2.03. The molecule has 0 saturated carbocycles. The van der Waals surface area contributed by atoms with Gasteiger partial charge in [0.25, 0.3) is 0 Å². The van der Waals surface area contributed by atoms with E-state index in [0.717, 1.165) is 17.1 Å². The molecule has 0 heterocycles. The van der Waals surface area contributed by atoms with Gasteiger partial charge in [-0.3, -0.25) is 4.79 Å². The van der Waals surface area contributed by atoms with Gasteiger partial charge < -0.3 is 15.2 Å². The molecule has 1 aromatic rings. The number of hydrogen-bond donors (Lipinski definition) is 2. The molecule has 0 aromatic heterocycles. The van der Waals surface area contributed by atoms with E-state index in [1.54, 1.807) is 6.92 Å². The quantitative estimate of drug-likeness (QED) is 0.543. The summed E-state index contributed by atoms with van der Waals surface area (Å²) in [6.45, 7) is 4.98. The minimum Gasteiger partial charge on any atom is -0.494 e. The van der Waals surface area contributed by atoms with Crippen LogP contribution in [0.3, 0.4) is 0 Å². The fraction of sp³-hybridized carbons (Fsp3) is 0.533. The lowest BCUT2D eigenvalue weighted by atomic mass is 10.2. The Labute approximate surface area is 124 Å². The highest BCUT2D eigenvalue weighted by molar-refractivity contribution is 8.00. The van der Waals surface area contributed by atoms with Crippen molar-refractivity contribution in [2.75, 3.05) is 18.9 Å². The summed E-state index contributed by atoms with van der Waals surface area (Å²) in [6, 6.07) is 7.73. The van der Waals surface area contributed by atoms with Gasteiger partial charge in [-0.2, -0.15) is 0 Å². The summed E-state index contributed by atoms with van der Waals surface area (Å²) in [6.07, 6.45) is 1.22. The topological polar surface area (TPSA) is 58.6 Å². The van der Waals surface area contributed by atoms with Crippen LogP contribution in [0.2, 0.25) is 0 Å². The minimum absolute atomic E-state index is 0.0227. The van der Waals surface area contributed by atoms with E-state index in [9.17, 15) is 4.79 Å². The van der Waals surface area contributed by atoms with E-state index in [0.29, 0.717) is 25.3 Å². The van der Waals surface area contributed by atoms with Crippen LogP contribution in [0.1, 0.15) is 26.7 Å². The van der Waals surface area contributed by atoms with Crippen molar-refractivity contribution in [1.82, 2.24) is 5.32 Å². The molecule has 5 heteroatoms. The highest BCUT2D eigenvalue weighted by atomic mass is 32.2. The molecule has 1 rings (SSSR count). The number of aliphatic hydroxyl groups is 1. The van der Waals surface area contributed by atoms with Crippen molar-refractivity contribution in [3.05, 3.63) is 24.3 Å². The van der Waals surface area contributed by atoms with E-state index in [1.807, 2.05) is 31.2 Å². The third-order valence-electron chi connectivity index (χ3n) is 2.63. The summed E-state index contributed by atoms with van der Waals surface area (Å²) in [7, 11) is 0. The second-order valence-corrected chi connectivity index (χ2v) is 5.58. The summed E-state index contributed by atoms with van der Waals surface area (Å²) in [5.41, 5.74) is 0. The van der Waals surface area contributed by atoms with E-state index in [2.05, 4.69) is 5.32 Å². The molecule has 112 valence electrons. The molecule has 0 aliphatic carbocycles. The maximum Gasteiger partial charge on any atom is 0.230 e. The SMILES string of the molecule is CCOc1ccc(SCC(=O)NCCCC(C)O)cc1. The first kappa shape index (κ1) is 16.9. The number of aliphatic hydroxyl groups excluding tert-OH is 1. The van der Waals surface area contributed by atoms with Crippen LogP contribution in [0.25, 0.3) is 0 Å². The normalized spacial score (nSPS) is 11.9. The van der Waals surface area contributed by atoms with Gasteiger partial charge in [-0.05, 0) is 51.0 Å². The molecule has 2 N–H and O–H groups in total. The molecule has 0 radical (unpaired) electrons. The molecule has 1 amide bonds. The van der Waals surface area contributed by atoms with E-state index in [-0.39, 0.29) is 12.0 Å². The Balaban J connectivity index is 2.20. The van der Waals surface area contributed by atoms with Crippen LogP contribution in [0.5, 0.6) is 5.75 Å². The molecular weight excluding hydrogens is 274 g/mol. The van der Waals surface area contributed by atoms with Gasteiger partial charge in [0, 0.05) is 11.4 Å². The molecule has 0 saturated heterocycles. The van der Waals surface area contributed by atoms with Crippen LogP contribution in [0.15, 0.2) is 29.2 Å². The van der Waals surface area contributed by atoms with Gasteiger partial charge in [-0.1, -0.05) is 0 Å². The maximum absolute atomic E-state index is 11.6. The first-order valence-corrected chi connectivity index (χ1v) is 7.90. The zero-order valence-corrected chi connectivity index (χ0v) is 12.9. The van der Waals surface area contributed by atoms with Crippen LogP contribution < -0.4 is 10.1 Å². The summed E-state index contributed by atoms with van der Waals surface area (Å²) < 4.78 is 5.36. The number of benzene rings is 1. The van der Waals surface area contributed by atoms with Gasteiger partial charge in [0.15, 0.2) is 0 Å². The van der Waals surface area contributed by atoms with Gasteiger partial charge in [0.2, 0.25) is 5.91 Å². The number of nitrogens with one attached hydrogen (secondary N) is 1. The predicted molar refractivity (Wildman–Crippen MR) is 82.3 cm³/mol. The first-order valence-electron chi connectivity index (χ1n) is 6.92. The predicted octanol–water partition coefficient (Wildman–Crippen LogP) is 2.45. The number of rotatable bonds is 9. The van der Waals surface area contributed by atoms with E-state index in [1.165, 1.54) is 11.8 Å². The molecule has 4 nitrogen and oxygen atoms in total. The maximum atomic E-state index is 11.6. The average molecular weight is 297 g/mol. The van der Waals surface area contributed by atoms with Crippen molar-refractivity contribution in [2.24, 2.45) is 0 Å². The lowest BCUT2D eigenvalue weighted by Gasteiger charge is -2.07. The third-order valence-corrected chi connectivity index (χ3v) is 3.64. The van der Waals surface area contributed by atoms with Gasteiger partial charge in [-0.15, -0.1) is 11.8 Å². The second-order valence-electron chi connectivity index (χ2n) is 4.53. The van der Waals surface area contributed by atoms with Gasteiger partial charge >= 0.3 is 0 Å². The van der Waals surface area contributed by atoms with Gasteiger partial charge in [0.05, 0.1) is 18.5 Å². The smallest absolute Gasteiger partial charge is 0.230 e. The molecular formula is C15H23NO3S. The van der Waals surface area contributed by atoms with Crippen molar-refractivity contribution in [3.8, 4) is 5.75 Å². The largest absolute Gasteiger partial charge is 0.494 e. The molecule has 0 spiro atoms. The number of carbonyl (C=O) groups is 1. The Morgan fingerprint density at radius 2 is 2.10 bits per heavy atom. The van der Waals surface area contributed by atoms with Gasteiger partial charge in [0.1, 0.15) is 5.75 Å². The number of amides is 1. The third kappa shape index (κ3) is 7.40. The Morgan fingerprint density at radius 1 is 1.40 bits per heavy atom. The van der Waals surface area contributed by atoms with Gasteiger partial charge in [-0.25, -0.2) is 0 Å². The van der Waals surface area contributed by atoms with Crippen LogP contribution in [-0.4, -0.2) is 36.0 Å². The van der Waals surface area contributed by atoms with Crippen LogP contribution in [-0.2, 0) is 4.79 Å². The monoisotopic (exact) mass is 297 g/mol. The Morgan fingerprint density at radius 3 is 2.70 bits per heavy atom. The Bertz CT molecular complexity index is 393. The summed E-state index contributed by atoms with van der Waals surface area (Å²) in [4.78, 5) is 12.7. The summed E-state index contributed by atoms with van der Waals surface area (Å²) >= 11 is 1.50. The van der Waals surface area contributed by atoms with Crippen molar-refractivity contribution in [1.29, 1.82) is 0 Å². The zero-order valence-electron chi connectivity index (χ0n) is 12.1. The Hall–Kier alpha value is -1.20. The lowest BCUT2D eigenvalue weighted by molar-refractivity contribution is -0.118. The lowest BCUT2D eigenvalue weighted by Crippen LogP contribution is -2.26. The summed E-state index contributed by atoms with van der Waals surface area (Å²) in [5, 5.41) is 11.9. The van der Waals surface area contributed by atoms with Crippen molar-refractivity contribution in [3.63, 3.8) is 0 Å². The standard InChI is InChI=1S/C15H23NO3S/c1-3-19-13-6-8-14(9-7-13)20-11-15(18)16-10-4-5-12(2)17/h6-9,12,17H,3-5,10-11H2,1-2H3,(H,16,18). The molecule has 1 unspecified atom stereocenters. The molecule has 0 bridgehead atoms. The Kier molecular flexibility index (Phi) is 8.14. The highest BCUT2D eigenvalue weighted by Crippen LogP contribution is 2.21. The molecule has 0 aliphatic heterocycles. The first-order chi connectivity index (χ1) is 9.61. The number of hydrogen-bond acceptors (Lipinski definition) is 4. The number of ether oxygens (including phenoxy) is 1. The molecule has 20 heavy (non-hydrogen) atoms. The fourth-order valence-corrected chi connectivity index (χ4v) is 2.35. The number of thioether (sulfide) groups is 1. The zero-order chi connectivity index (χ0) is 14.8. The molecule has 1 atom stereocenters. The fourth-order valence-electron chi connectivity index (χ4n) is 1.62. The van der Waals surface area contributed by atoms with Crippen LogP contribution in [0, 0.1) is 0 Å².